The van der Waals surface area contributed by atoms with Crippen LogP contribution in [0.4, 0.5) is 0 Å². The summed E-state index contributed by atoms with van der Waals surface area (Å²) < 4.78 is 29.6. The van der Waals surface area contributed by atoms with Gasteiger partial charge in [-0.05, 0) is 19.9 Å². The van der Waals surface area contributed by atoms with Gasteiger partial charge in [0.1, 0.15) is 0 Å². The van der Waals surface area contributed by atoms with E-state index in [1.165, 1.54) is 11.4 Å². The van der Waals surface area contributed by atoms with E-state index in [1.807, 2.05) is 0 Å². The van der Waals surface area contributed by atoms with E-state index in [4.69, 9.17) is 0 Å². The van der Waals surface area contributed by atoms with Crippen LogP contribution in [-0.2, 0) is 19.6 Å². The number of carbonyl (C=O) groups excluding carboxylic acids is 1. The summed E-state index contributed by atoms with van der Waals surface area (Å²) >= 11 is 0. The van der Waals surface area contributed by atoms with Gasteiger partial charge in [-0.1, -0.05) is 0 Å². The van der Waals surface area contributed by atoms with E-state index in [2.05, 4.69) is 10.1 Å². The Hall–Kier alpha value is -0.660. The smallest absolute Gasteiger partial charge is 0.322 e. The van der Waals surface area contributed by atoms with Crippen LogP contribution in [0.5, 0.6) is 0 Å². The van der Waals surface area contributed by atoms with E-state index >= 15 is 0 Å². The molecule has 0 aromatic heterocycles. The molecule has 0 amide bonds. The number of ether oxygens (including phenoxy) is 1. The molecule has 0 aromatic rings. The van der Waals surface area contributed by atoms with E-state index in [1.54, 1.807) is 7.05 Å². The van der Waals surface area contributed by atoms with Crippen molar-refractivity contribution in [3.05, 3.63) is 0 Å². The number of nitrogens with zero attached hydrogens (tertiary/aromatic N) is 1. The number of rotatable bonds is 5. The SMILES string of the molecule is CNCC1CCCN1S(=O)(=O)CC(=O)OC. The zero-order valence-electron chi connectivity index (χ0n) is 9.60. The minimum absolute atomic E-state index is 0.0420. The van der Waals surface area contributed by atoms with Crippen molar-refractivity contribution in [1.29, 1.82) is 0 Å². The number of hydrogen-bond donors (Lipinski definition) is 1. The minimum Gasteiger partial charge on any atom is -0.468 e. The van der Waals surface area contributed by atoms with E-state index in [9.17, 15) is 13.2 Å². The van der Waals surface area contributed by atoms with E-state index in [0.29, 0.717) is 13.1 Å². The lowest BCUT2D eigenvalue weighted by Crippen LogP contribution is -2.43. The molecule has 1 rings (SSSR count). The maximum Gasteiger partial charge on any atom is 0.322 e. The number of likely N-dealkylation sites (N-methyl/N-ethyl adjacent to an activating group) is 1. The zero-order chi connectivity index (χ0) is 12.2. The molecule has 1 unspecified atom stereocenters. The van der Waals surface area contributed by atoms with E-state index < -0.39 is 21.7 Å². The molecule has 94 valence electrons. The molecular weight excluding hydrogens is 232 g/mol. The van der Waals surface area contributed by atoms with Crippen molar-refractivity contribution in [2.45, 2.75) is 18.9 Å². The van der Waals surface area contributed by atoms with Crippen LogP contribution in [0, 0.1) is 0 Å². The van der Waals surface area contributed by atoms with E-state index in [-0.39, 0.29) is 6.04 Å². The van der Waals surface area contributed by atoms with Gasteiger partial charge in [-0.25, -0.2) is 8.42 Å². The number of esters is 1. The summed E-state index contributed by atoms with van der Waals surface area (Å²) in [4.78, 5) is 11.0. The van der Waals surface area contributed by atoms with Gasteiger partial charge in [0.2, 0.25) is 10.0 Å². The van der Waals surface area contributed by atoms with Gasteiger partial charge >= 0.3 is 5.97 Å². The van der Waals surface area contributed by atoms with Crippen molar-refractivity contribution in [1.82, 2.24) is 9.62 Å². The Kier molecular flexibility index (Phi) is 4.69. The predicted molar refractivity (Wildman–Crippen MR) is 59.5 cm³/mol. The van der Waals surface area contributed by atoms with Crippen molar-refractivity contribution >= 4 is 16.0 Å². The quantitative estimate of drug-likeness (QED) is 0.645. The molecular formula is C9H18N2O4S. The molecule has 1 saturated heterocycles. The molecule has 6 nitrogen and oxygen atoms in total. The van der Waals surface area contributed by atoms with Gasteiger partial charge in [-0.15, -0.1) is 0 Å². The standard InChI is InChI=1S/C9H18N2O4S/c1-10-6-8-4-3-5-11(8)16(13,14)7-9(12)15-2/h8,10H,3-7H2,1-2H3. The Morgan fingerprint density at radius 3 is 2.81 bits per heavy atom. The molecule has 1 fully saturated rings. The predicted octanol–water partition coefficient (Wildman–Crippen LogP) is -0.827. The molecule has 0 radical (unpaired) electrons. The zero-order valence-corrected chi connectivity index (χ0v) is 10.4. The van der Waals surface area contributed by atoms with Crippen LogP contribution in [0.3, 0.4) is 0 Å². The largest absolute Gasteiger partial charge is 0.468 e. The van der Waals surface area contributed by atoms with Crippen molar-refractivity contribution in [2.24, 2.45) is 0 Å². The van der Waals surface area contributed by atoms with Gasteiger partial charge in [0.15, 0.2) is 5.75 Å². The number of nitrogens with one attached hydrogen (secondary N) is 1. The molecule has 1 heterocycles. The highest BCUT2D eigenvalue weighted by molar-refractivity contribution is 7.89. The Balaban J connectivity index is 2.70. The average molecular weight is 250 g/mol. The maximum absolute atomic E-state index is 11.9. The lowest BCUT2D eigenvalue weighted by molar-refractivity contribution is -0.137. The number of carbonyl (C=O) groups is 1. The van der Waals surface area contributed by atoms with Crippen molar-refractivity contribution in [3.8, 4) is 0 Å². The summed E-state index contributed by atoms with van der Waals surface area (Å²) in [6.07, 6.45) is 1.67. The monoisotopic (exact) mass is 250 g/mol. The number of sulfonamides is 1. The molecule has 7 heteroatoms. The Morgan fingerprint density at radius 2 is 2.25 bits per heavy atom. The first kappa shape index (κ1) is 13.4. The van der Waals surface area contributed by atoms with Crippen LogP contribution in [0.2, 0.25) is 0 Å². The first-order chi connectivity index (χ1) is 7.51. The van der Waals surface area contributed by atoms with Gasteiger partial charge in [-0.3, -0.25) is 4.79 Å². The van der Waals surface area contributed by atoms with Crippen molar-refractivity contribution in [3.63, 3.8) is 0 Å². The molecule has 16 heavy (non-hydrogen) atoms. The third-order valence-electron chi connectivity index (χ3n) is 2.65. The molecule has 0 saturated carbocycles. The third kappa shape index (κ3) is 3.16. The van der Waals surface area contributed by atoms with Gasteiger partial charge in [-0.2, -0.15) is 4.31 Å². The van der Waals surface area contributed by atoms with E-state index in [0.717, 1.165) is 12.8 Å². The maximum atomic E-state index is 11.9. The minimum atomic E-state index is -3.52. The summed E-state index contributed by atoms with van der Waals surface area (Å²) in [6, 6.07) is -0.0420. The van der Waals surface area contributed by atoms with Crippen molar-refractivity contribution in [2.75, 3.05) is 33.0 Å². The molecule has 1 aliphatic rings. The first-order valence-electron chi connectivity index (χ1n) is 5.22. The highest BCUT2D eigenvalue weighted by Gasteiger charge is 2.35. The van der Waals surface area contributed by atoms with Gasteiger partial charge in [0.25, 0.3) is 0 Å². The first-order valence-corrected chi connectivity index (χ1v) is 6.83. The summed E-state index contributed by atoms with van der Waals surface area (Å²) in [5.74, 6) is -1.28. The Labute approximate surface area is 96.0 Å². The summed E-state index contributed by atoms with van der Waals surface area (Å²) in [5, 5.41) is 2.96. The van der Waals surface area contributed by atoms with Crippen LogP contribution in [-0.4, -0.2) is 57.7 Å². The Morgan fingerprint density at radius 1 is 1.56 bits per heavy atom. The van der Waals surface area contributed by atoms with Crippen LogP contribution in [0.1, 0.15) is 12.8 Å². The normalized spacial score (nSPS) is 22.2. The lowest BCUT2D eigenvalue weighted by atomic mass is 10.2. The molecule has 1 aliphatic heterocycles. The van der Waals surface area contributed by atoms with Gasteiger partial charge in [0, 0.05) is 19.1 Å². The van der Waals surface area contributed by atoms with Crippen LogP contribution in [0.25, 0.3) is 0 Å². The molecule has 1 N–H and O–H groups in total. The summed E-state index contributed by atoms with van der Waals surface area (Å²) in [6.45, 7) is 1.10. The molecule has 0 spiro atoms. The highest BCUT2D eigenvalue weighted by Crippen LogP contribution is 2.20. The number of hydrogen-bond acceptors (Lipinski definition) is 5. The van der Waals surface area contributed by atoms with Gasteiger partial charge in [0.05, 0.1) is 7.11 Å². The van der Waals surface area contributed by atoms with Crippen LogP contribution in [0.15, 0.2) is 0 Å². The average Bonchev–Trinajstić information content (AvgIpc) is 2.66. The topological polar surface area (TPSA) is 75.7 Å². The fourth-order valence-electron chi connectivity index (χ4n) is 1.91. The molecule has 0 aliphatic carbocycles. The van der Waals surface area contributed by atoms with Crippen molar-refractivity contribution < 1.29 is 17.9 Å². The molecule has 1 atom stereocenters. The summed E-state index contributed by atoms with van der Waals surface area (Å²) in [5.41, 5.74) is 0. The van der Waals surface area contributed by atoms with Gasteiger partial charge < -0.3 is 10.1 Å². The lowest BCUT2D eigenvalue weighted by Gasteiger charge is -2.23. The second kappa shape index (κ2) is 5.60. The molecule has 0 aromatic carbocycles. The second-order valence-corrected chi connectivity index (χ2v) is 5.72. The van der Waals surface area contributed by atoms with Crippen LogP contribution >= 0.6 is 0 Å². The third-order valence-corrected chi connectivity index (χ3v) is 4.44. The molecule has 0 bridgehead atoms. The second-order valence-electron chi connectivity index (χ2n) is 3.80. The number of methoxy groups -OCH3 is 1. The highest BCUT2D eigenvalue weighted by atomic mass is 32.2. The summed E-state index contributed by atoms with van der Waals surface area (Å²) in [7, 11) is -0.555. The fraction of sp³-hybridized carbons (Fsp3) is 0.889. The fourth-order valence-corrected chi connectivity index (χ4v) is 3.53. The van der Waals surface area contributed by atoms with Crippen LogP contribution < -0.4 is 5.32 Å². The Bertz CT molecular complexity index is 341.